The molecule has 0 aliphatic carbocycles. The van der Waals surface area contributed by atoms with Crippen LogP contribution in [0.4, 0.5) is 9.59 Å². The lowest BCUT2D eigenvalue weighted by molar-refractivity contribution is -0.158. The van der Waals surface area contributed by atoms with E-state index in [1.807, 2.05) is 0 Å². The smallest absolute Gasteiger partial charge is 0.420 e. The number of carbonyl (C=O) groups is 3. The fourth-order valence-corrected chi connectivity index (χ4v) is 3.44. The lowest BCUT2D eigenvalue weighted by Crippen LogP contribution is -2.38. The quantitative estimate of drug-likeness (QED) is 0.497. The Kier molecular flexibility index (Phi) is 7.31. The highest BCUT2D eigenvalue weighted by Gasteiger charge is 2.42. The van der Waals surface area contributed by atoms with Crippen LogP contribution in [0.2, 0.25) is 0 Å². The van der Waals surface area contributed by atoms with Gasteiger partial charge in [0.1, 0.15) is 28.5 Å². The van der Waals surface area contributed by atoms with E-state index >= 15 is 0 Å². The lowest BCUT2D eigenvalue weighted by Gasteiger charge is -2.28. The number of amides is 1. The standard InChI is InChI=1S/C23H37N3O6/c1-21(2,3)30-18(27)16(15-10-12-25(14-15)19(28)31-22(4,5)6)17-24-11-13-26(17)20(29)32-23(7,8)9/h11,13,15-16H,10,12,14H2,1-9H3/t15-,16?/m0/s1. The fourth-order valence-electron chi connectivity index (χ4n) is 3.44. The van der Waals surface area contributed by atoms with E-state index in [1.54, 1.807) is 67.2 Å². The average molecular weight is 452 g/mol. The predicted molar refractivity (Wildman–Crippen MR) is 118 cm³/mol. The normalized spacial score (nSPS) is 18.3. The second kappa shape index (κ2) is 9.11. The third-order valence-corrected chi connectivity index (χ3v) is 4.55. The molecule has 0 bridgehead atoms. The summed E-state index contributed by atoms with van der Waals surface area (Å²) in [6, 6.07) is 0. The Morgan fingerprint density at radius 2 is 1.44 bits per heavy atom. The zero-order valence-corrected chi connectivity index (χ0v) is 20.7. The first kappa shape index (κ1) is 25.7. The van der Waals surface area contributed by atoms with E-state index in [-0.39, 0.29) is 11.7 Å². The van der Waals surface area contributed by atoms with Crippen molar-refractivity contribution < 1.29 is 28.6 Å². The van der Waals surface area contributed by atoms with Crippen LogP contribution in [0, 0.1) is 5.92 Å². The van der Waals surface area contributed by atoms with E-state index in [9.17, 15) is 14.4 Å². The van der Waals surface area contributed by atoms with Crippen molar-refractivity contribution in [3.8, 4) is 0 Å². The molecule has 0 radical (unpaired) electrons. The zero-order valence-electron chi connectivity index (χ0n) is 20.7. The van der Waals surface area contributed by atoms with Crippen molar-refractivity contribution in [2.75, 3.05) is 13.1 Å². The van der Waals surface area contributed by atoms with E-state index < -0.39 is 40.9 Å². The Morgan fingerprint density at radius 1 is 0.906 bits per heavy atom. The van der Waals surface area contributed by atoms with Gasteiger partial charge in [-0.2, -0.15) is 0 Å². The number of esters is 1. The first-order valence-corrected chi connectivity index (χ1v) is 10.9. The van der Waals surface area contributed by atoms with Crippen molar-refractivity contribution in [3.63, 3.8) is 0 Å². The largest absolute Gasteiger partial charge is 0.459 e. The fraction of sp³-hybridized carbons (Fsp3) is 0.739. The van der Waals surface area contributed by atoms with Gasteiger partial charge >= 0.3 is 18.2 Å². The van der Waals surface area contributed by atoms with Crippen molar-refractivity contribution in [1.29, 1.82) is 0 Å². The van der Waals surface area contributed by atoms with Crippen LogP contribution in [0.1, 0.15) is 80.5 Å². The first-order chi connectivity index (χ1) is 14.5. The molecule has 1 aliphatic heterocycles. The average Bonchev–Trinajstić information content (AvgIpc) is 3.20. The van der Waals surface area contributed by atoms with E-state index in [2.05, 4.69) is 4.98 Å². The molecule has 1 aliphatic rings. The summed E-state index contributed by atoms with van der Waals surface area (Å²) < 4.78 is 17.9. The van der Waals surface area contributed by atoms with Gasteiger partial charge in [-0.3, -0.25) is 4.79 Å². The molecule has 0 spiro atoms. The summed E-state index contributed by atoms with van der Waals surface area (Å²) in [5, 5.41) is 0. The minimum absolute atomic E-state index is 0.240. The number of carbonyl (C=O) groups excluding carboxylic acids is 3. The Labute approximate surface area is 190 Å². The van der Waals surface area contributed by atoms with Gasteiger partial charge in [0, 0.05) is 25.5 Å². The highest BCUT2D eigenvalue weighted by Crippen LogP contribution is 2.34. The van der Waals surface area contributed by atoms with Crippen LogP contribution in [-0.4, -0.2) is 62.5 Å². The number of likely N-dealkylation sites (tertiary alicyclic amines) is 1. The van der Waals surface area contributed by atoms with Gasteiger partial charge in [-0.05, 0) is 74.7 Å². The van der Waals surface area contributed by atoms with Crippen LogP contribution in [0.15, 0.2) is 12.4 Å². The van der Waals surface area contributed by atoms with Gasteiger partial charge in [-0.15, -0.1) is 0 Å². The highest BCUT2D eigenvalue weighted by molar-refractivity contribution is 5.81. The lowest BCUT2D eigenvalue weighted by atomic mass is 9.90. The zero-order chi connectivity index (χ0) is 24.5. The molecule has 9 nitrogen and oxygen atoms in total. The maximum Gasteiger partial charge on any atom is 0.420 e. The number of hydrogen-bond acceptors (Lipinski definition) is 7. The van der Waals surface area contributed by atoms with Crippen LogP contribution in [0.25, 0.3) is 0 Å². The maximum atomic E-state index is 13.2. The number of nitrogens with zero attached hydrogens (tertiary/aromatic N) is 3. The molecule has 1 aromatic rings. The molecule has 0 saturated carbocycles. The maximum absolute atomic E-state index is 13.2. The molecule has 1 amide bonds. The monoisotopic (exact) mass is 451 g/mol. The third-order valence-electron chi connectivity index (χ3n) is 4.55. The van der Waals surface area contributed by atoms with Crippen LogP contribution in [0.3, 0.4) is 0 Å². The molecule has 1 aromatic heterocycles. The molecule has 2 heterocycles. The van der Waals surface area contributed by atoms with Gasteiger partial charge in [0.05, 0.1) is 0 Å². The van der Waals surface area contributed by atoms with Gasteiger partial charge < -0.3 is 19.1 Å². The van der Waals surface area contributed by atoms with Crippen LogP contribution in [-0.2, 0) is 19.0 Å². The van der Waals surface area contributed by atoms with Crippen molar-refractivity contribution >= 4 is 18.2 Å². The molecular weight excluding hydrogens is 414 g/mol. The minimum atomic E-state index is -0.843. The minimum Gasteiger partial charge on any atom is -0.459 e. The summed E-state index contributed by atoms with van der Waals surface area (Å²) in [6.07, 6.45) is 2.42. The summed E-state index contributed by atoms with van der Waals surface area (Å²) in [4.78, 5) is 44.4. The molecule has 1 unspecified atom stereocenters. The van der Waals surface area contributed by atoms with Crippen molar-refractivity contribution in [1.82, 2.24) is 14.5 Å². The number of rotatable bonds is 3. The predicted octanol–water partition coefficient (Wildman–Crippen LogP) is 4.35. The van der Waals surface area contributed by atoms with Crippen LogP contribution in [0.5, 0.6) is 0 Å². The third kappa shape index (κ3) is 7.24. The van der Waals surface area contributed by atoms with Crippen molar-refractivity contribution in [2.24, 2.45) is 5.92 Å². The van der Waals surface area contributed by atoms with Gasteiger partial charge in [-0.25, -0.2) is 19.1 Å². The molecule has 32 heavy (non-hydrogen) atoms. The number of hydrogen-bond donors (Lipinski definition) is 0. The van der Waals surface area contributed by atoms with Gasteiger partial charge in [0.15, 0.2) is 0 Å². The van der Waals surface area contributed by atoms with Gasteiger partial charge in [-0.1, -0.05) is 0 Å². The van der Waals surface area contributed by atoms with E-state index in [0.717, 1.165) is 0 Å². The van der Waals surface area contributed by atoms with E-state index in [1.165, 1.54) is 17.0 Å². The number of ether oxygens (including phenoxy) is 3. The SMILES string of the molecule is CC(C)(C)OC(=O)C(c1nccn1C(=O)OC(C)(C)C)[C@H]1CCN(C(=O)OC(C)(C)C)C1. The Morgan fingerprint density at radius 3 is 1.97 bits per heavy atom. The van der Waals surface area contributed by atoms with Gasteiger partial charge in [0.2, 0.25) is 0 Å². The molecule has 2 atom stereocenters. The molecule has 0 N–H and O–H groups in total. The molecular formula is C23H37N3O6. The second-order valence-corrected chi connectivity index (χ2v) is 11.1. The topological polar surface area (TPSA) is 100.0 Å². The van der Waals surface area contributed by atoms with E-state index in [0.29, 0.717) is 19.5 Å². The summed E-state index contributed by atoms with van der Waals surface area (Å²) in [6.45, 7) is 16.8. The van der Waals surface area contributed by atoms with Crippen LogP contribution >= 0.6 is 0 Å². The second-order valence-electron chi connectivity index (χ2n) is 11.1. The molecule has 2 rings (SSSR count). The summed E-state index contributed by atoms with van der Waals surface area (Å²) >= 11 is 0. The Hall–Kier alpha value is -2.58. The number of aromatic nitrogens is 2. The first-order valence-electron chi connectivity index (χ1n) is 10.9. The number of imidazole rings is 1. The molecule has 9 heteroatoms. The summed E-state index contributed by atoms with van der Waals surface area (Å²) in [5.41, 5.74) is -2.05. The van der Waals surface area contributed by atoms with Crippen molar-refractivity contribution in [3.05, 3.63) is 18.2 Å². The summed E-state index contributed by atoms with van der Waals surface area (Å²) in [5.74, 6) is -1.39. The molecule has 0 aromatic carbocycles. The molecule has 180 valence electrons. The summed E-state index contributed by atoms with van der Waals surface area (Å²) in [7, 11) is 0. The van der Waals surface area contributed by atoms with E-state index in [4.69, 9.17) is 14.2 Å². The van der Waals surface area contributed by atoms with Gasteiger partial charge in [0.25, 0.3) is 0 Å². The molecule has 1 fully saturated rings. The Bertz CT molecular complexity index is 841. The Balaban J connectivity index is 2.34. The highest BCUT2D eigenvalue weighted by atomic mass is 16.6. The van der Waals surface area contributed by atoms with Crippen molar-refractivity contribution in [2.45, 2.75) is 91.5 Å². The molecule has 1 saturated heterocycles. The van der Waals surface area contributed by atoms with Crippen LogP contribution < -0.4 is 0 Å².